The molecule has 1 aromatic carbocycles. The Labute approximate surface area is 109 Å². The first-order valence-corrected chi connectivity index (χ1v) is 6.52. The lowest BCUT2D eigenvalue weighted by atomic mass is 10.2. The summed E-state index contributed by atoms with van der Waals surface area (Å²) in [7, 11) is 1.96. The van der Waals surface area contributed by atoms with Crippen LogP contribution in [0.1, 0.15) is 20.8 Å². The van der Waals surface area contributed by atoms with Crippen LogP contribution in [0.15, 0.2) is 24.3 Å². The van der Waals surface area contributed by atoms with Crippen LogP contribution in [0, 0.1) is 0 Å². The Kier molecular flexibility index (Phi) is 5.16. The molecule has 0 aromatic heterocycles. The van der Waals surface area contributed by atoms with Gasteiger partial charge in [0.05, 0.1) is 11.4 Å². The summed E-state index contributed by atoms with van der Waals surface area (Å²) in [5.74, 6) is -0.000648. The van der Waals surface area contributed by atoms with Crippen LogP contribution in [0.5, 0.6) is 0 Å². The molecule has 0 saturated heterocycles. The molecule has 1 amide bonds. The van der Waals surface area contributed by atoms with Crippen molar-refractivity contribution in [1.29, 1.82) is 0 Å². The van der Waals surface area contributed by atoms with Gasteiger partial charge in [-0.3, -0.25) is 4.79 Å². The summed E-state index contributed by atoms with van der Waals surface area (Å²) in [6, 6.07) is 7.45. The number of likely N-dealkylation sites (N-methyl/N-ethyl adjacent to an activating group) is 2. The molecule has 1 aliphatic rings. The Balaban J connectivity index is 0.000000771. The van der Waals surface area contributed by atoms with E-state index in [1.54, 1.807) is 4.90 Å². The molecule has 2 N–H and O–H groups in total. The van der Waals surface area contributed by atoms with Crippen molar-refractivity contribution in [1.82, 2.24) is 0 Å². The monoisotopic (exact) mass is 249 g/mol. The topological polar surface area (TPSA) is 49.6 Å². The van der Waals surface area contributed by atoms with E-state index in [2.05, 4.69) is 0 Å². The first-order valence-electron chi connectivity index (χ1n) is 6.52. The van der Waals surface area contributed by atoms with Crippen molar-refractivity contribution < 1.29 is 4.79 Å². The molecule has 0 radical (unpaired) electrons. The molecule has 1 atom stereocenters. The summed E-state index contributed by atoms with van der Waals surface area (Å²) in [5, 5.41) is 0. The number of carbonyl (C=O) groups is 1. The molecule has 1 aliphatic heterocycles. The Bertz CT molecular complexity index is 406. The van der Waals surface area contributed by atoms with Crippen LogP contribution < -0.4 is 15.5 Å². The molecule has 18 heavy (non-hydrogen) atoms. The smallest absolute Gasteiger partial charge is 0.245 e. The quantitative estimate of drug-likeness (QED) is 0.826. The number of carbonyl (C=O) groups excluding carboxylic acids is 1. The number of nitrogens with zero attached hydrogens (tertiary/aromatic N) is 2. The molecule has 4 heteroatoms. The van der Waals surface area contributed by atoms with E-state index in [1.807, 2.05) is 57.0 Å². The molecular formula is C14H23N3O. The minimum atomic E-state index is -0.447. The lowest BCUT2D eigenvalue weighted by molar-refractivity contribution is -0.119. The number of rotatable bonds is 1. The molecule has 1 aromatic rings. The minimum Gasteiger partial charge on any atom is -0.371 e. The number of para-hydroxylation sites is 2. The summed E-state index contributed by atoms with van der Waals surface area (Å²) in [5.41, 5.74) is 7.89. The number of nitrogens with two attached hydrogens (primary N) is 1. The van der Waals surface area contributed by atoms with Crippen molar-refractivity contribution in [3.8, 4) is 0 Å². The van der Waals surface area contributed by atoms with E-state index >= 15 is 0 Å². The molecule has 1 heterocycles. The third-order valence-corrected chi connectivity index (χ3v) is 2.95. The number of anilines is 2. The molecule has 0 aliphatic carbocycles. The lowest BCUT2D eigenvalue weighted by Crippen LogP contribution is -2.46. The Morgan fingerprint density at radius 3 is 2.39 bits per heavy atom. The lowest BCUT2D eigenvalue weighted by Gasteiger charge is -2.22. The molecule has 100 valence electrons. The van der Waals surface area contributed by atoms with E-state index in [0.717, 1.165) is 11.4 Å². The van der Waals surface area contributed by atoms with Gasteiger partial charge in [-0.25, -0.2) is 0 Å². The average Bonchev–Trinajstić information content (AvgIpc) is 2.50. The van der Waals surface area contributed by atoms with Crippen molar-refractivity contribution in [3.05, 3.63) is 24.3 Å². The Morgan fingerprint density at radius 2 is 1.83 bits per heavy atom. The largest absolute Gasteiger partial charge is 0.371 e. The van der Waals surface area contributed by atoms with Gasteiger partial charge in [-0.15, -0.1) is 0 Å². The zero-order chi connectivity index (χ0) is 13.7. The van der Waals surface area contributed by atoms with E-state index in [-0.39, 0.29) is 5.91 Å². The molecule has 4 nitrogen and oxygen atoms in total. The third-order valence-electron chi connectivity index (χ3n) is 2.95. The SMILES string of the molecule is CC.CCN1C(=O)C(N)CN(C)c2ccccc21. The van der Waals surface area contributed by atoms with Crippen molar-refractivity contribution in [2.24, 2.45) is 5.73 Å². The highest BCUT2D eigenvalue weighted by Gasteiger charge is 2.28. The average molecular weight is 249 g/mol. The van der Waals surface area contributed by atoms with Gasteiger partial charge >= 0.3 is 0 Å². The van der Waals surface area contributed by atoms with Crippen LogP contribution in [0.3, 0.4) is 0 Å². The maximum absolute atomic E-state index is 12.1. The molecule has 0 bridgehead atoms. The number of hydrogen-bond acceptors (Lipinski definition) is 3. The predicted octanol–water partition coefficient (Wildman–Crippen LogP) is 1.84. The number of amides is 1. The molecule has 0 saturated carbocycles. The predicted molar refractivity (Wildman–Crippen MR) is 77.1 cm³/mol. The molecule has 0 fully saturated rings. The fourth-order valence-corrected chi connectivity index (χ4v) is 2.13. The van der Waals surface area contributed by atoms with E-state index in [9.17, 15) is 4.79 Å². The van der Waals surface area contributed by atoms with Gasteiger partial charge in [-0.2, -0.15) is 0 Å². The first-order chi connectivity index (χ1) is 8.65. The number of benzene rings is 1. The van der Waals surface area contributed by atoms with Crippen molar-refractivity contribution in [2.45, 2.75) is 26.8 Å². The summed E-state index contributed by atoms with van der Waals surface area (Å²) in [6.45, 7) is 7.18. The summed E-state index contributed by atoms with van der Waals surface area (Å²) in [6.07, 6.45) is 0. The van der Waals surface area contributed by atoms with Gasteiger partial charge in [0.2, 0.25) is 5.91 Å². The Hall–Kier alpha value is -1.55. The van der Waals surface area contributed by atoms with Crippen LogP contribution in [-0.4, -0.2) is 32.1 Å². The van der Waals surface area contributed by atoms with Gasteiger partial charge < -0.3 is 15.5 Å². The van der Waals surface area contributed by atoms with Gasteiger partial charge in [0, 0.05) is 20.1 Å². The van der Waals surface area contributed by atoms with Gasteiger partial charge in [-0.05, 0) is 19.1 Å². The summed E-state index contributed by atoms with van der Waals surface area (Å²) >= 11 is 0. The highest BCUT2D eigenvalue weighted by Crippen LogP contribution is 2.31. The highest BCUT2D eigenvalue weighted by molar-refractivity contribution is 6.01. The number of fused-ring (bicyclic) bond motifs is 1. The van der Waals surface area contributed by atoms with Crippen molar-refractivity contribution in [2.75, 3.05) is 29.9 Å². The maximum atomic E-state index is 12.1. The highest BCUT2D eigenvalue weighted by atomic mass is 16.2. The maximum Gasteiger partial charge on any atom is 0.245 e. The van der Waals surface area contributed by atoms with Crippen molar-refractivity contribution in [3.63, 3.8) is 0 Å². The van der Waals surface area contributed by atoms with Gasteiger partial charge in [0.25, 0.3) is 0 Å². The van der Waals surface area contributed by atoms with E-state index in [1.165, 1.54) is 0 Å². The zero-order valence-corrected chi connectivity index (χ0v) is 11.7. The minimum absolute atomic E-state index is 0.000648. The van der Waals surface area contributed by atoms with Gasteiger partial charge in [0.15, 0.2) is 0 Å². The van der Waals surface area contributed by atoms with E-state index < -0.39 is 6.04 Å². The van der Waals surface area contributed by atoms with E-state index in [0.29, 0.717) is 13.1 Å². The molecule has 1 unspecified atom stereocenters. The van der Waals surface area contributed by atoms with Crippen LogP contribution in [0.25, 0.3) is 0 Å². The zero-order valence-electron chi connectivity index (χ0n) is 11.7. The second-order valence-corrected chi connectivity index (χ2v) is 4.06. The second kappa shape index (κ2) is 6.40. The molecule has 2 rings (SSSR count). The van der Waals surface area contributed by atoms with E-state index in [4.69, 9.17) is 5.73 Å². The van der Waals surface area contributed by atoms with Gasteiger partial charge in [-0.1, -0.05) is 26.0 Å². The van der Waals surface area contributed by atoms with Crippen LogP contribution in [-0.2, 0) is 4.79 Å². The first kappa shape index (κ1) is 14.5. The molecule has 0 spiro atoms. The Morgan fingerprint density at radius 1 is 1.28 bits per heavy atom. The third kappa shape index (κ3) is 2.64. The summed E-state index contributed by atoms with van der Waals surface area (Å²) in [4.78, 5) is 15.8. The molecular weight excluding hydrogens is 226 g/mol. The second-order valence-electron chi connectivity index (χ2n) is 4.06. The summed E-state index contributed by atoms with van der Waals surface area (Å²) < 4.78 is 0. The van der Waals surface area contributed by atoms with Crippen LogP contribution in [0.4, 0.5) is 11.4 Å². The van der Waals surface area contributed by atoms with Crippen LogP contribution in [0.2, 0.25) is 0 Å². The van der Waals surface area contributed by atoms with Gasteiger partial charge in [0.1, 0.15) is 6.04 Å². The fourth-order valence-electron chi connectivity index (χ4n) is 2.13. The standard InChI is InChI=1S/C12H17N3O.C2H6/c1-3-15-11-7-5-4-6-10(11)14(2)8-9(13)12(15)16;1-2/h4-7,9H,3,8,13H2,1-2H3;1-2H3. The van der Waals surface area contributed by atoms with Crippen LogP contribution >= 0.6 is 0 Å². The fraction of sp³-hybridized carbons (Fsp3) is 0.500. The normalized spacial score (nSPS) is 18.7. The number of hydrogen-bond donors (Lipinski definition) is 1. The van der Waals surface area contributed by atoms with Crippen molar-refractivity contribution >= 4 is 17.3 Å².